The molecular formula is C19H22N2O4S. The van der Waals surface area contributed by atoms with Crippen LogP contribution in [0.15, 0.2) is 35.0 Å². The largest absolute Gasteiger partial charge is 0.486 e. The number of thiophene rings is 1. The van der Waals surface area contributed by atoms with Crippen LogP contribution in [0.5, 0.6) is 11.5 Å². The van der Waals surface area contributed by atoms with Gasteiger partial charge >= 0.3 is 0 Å². The van der Waals surface area contributed by atoms with E-state index in [1.54, 1.807) is 34.4 Å². The second kappa shape index (κ2) is 8.71. The molecule has 0 bridgehead atoms. The van der Waals surface area contributed by atoms with Crippen LogP contribution in [0.4, 0.5) is 5.69 Å². The van der Waals surface area contributed by atoms with Gasteiger partial charge in [-0.2, -0.15) is 11.3 Å². The zero-order valence-corrected chi connectivity index (χ0v) is 15.5. The van der Waals surface area contributed by atoms with E-state index in [9.17, 15) is 9.59 Å². The van der Waals surface area contributed by atoms with Crippen LogP contribution in [0.2, 0.25) is 0 Å². The smallest absolute Gasteiger partial charge is 0.243 e. The molecule has 2 heterocycles. The van der Waals surface area contributed by atoms with E-state index >= 15 is 0 Å². The lowest BCUT2D eigenvalue weighted by Gasteiger charge is -2.21. The zero-order valence-electron chi connectivity index (χ0n) is 14.7. The molecule has 138 valence electrons. The van der Waals surface area contributed by atoms with E-state index in [0.717, 1.165) is 5.56 Å². The minimum atomic E-state index is -0.229. The molecule has 2 amide bonds. The maximum atomic E-state index is 12.4. The number of benzene rings is 1. The standard InChI is InChI=1S/C19H22N2O4S/c1-2-21(19(23)6-3-14-7-10-26-13-14)12-18(22)20-15-4-5-16-17(11-15)25-9-8-24-16/h4-5,7,10-11,13H,2-3,6,8-9,12H2,1H3,(H,20,22). The molecule has 0 unspecified atom stereocenters. The molecular weight excluding hydrogens is 352 g/mol. The van der Waals surface area contributed by atoms with Gasteiger partial charge in [0.2, 0.25) is 11.8 Å². The zero-order chi connectivity index (χ0) is 18.4. The summed E-state index contributed by atoms with van der Waals surface area (Å²) >= 11 is 1.62. The fraction of sp³-hybridized carbons (Fsp3) is 0.368. The van der Waals surface area contributed by atoms with E-state index < -0.39 is 0 Å². The fourth-order valence-corrected chi connectivity index (χ4v) is 3.42. The van der Waals surface area contributed by atoms with Crippen LogP contribution in [0, 0.1) is 0 Å². The van der Waals surface area contributed by atoms with Gasteiger partial charge in [0.1, 0.15) is 13.2 Å². The number of ether oxygens (including phenoxy) is 2. The molecule has 0 saturated carbocycles. The van der Waals surface area contributed by atoms with Crippen LogP contribution >= 0.6 is 11.3 Å². The van der Waals surface area contributed by atoms with Crippen LogP contribution < -0.4 is 14.8 Å². The molecule has 7 heteroatoms. The van der Waals surface area contributed by atoms with Gasteiger partial charge in [-0.15, -0.1) is 0 Å². The highest BCUT2D eigenvalue weighted by Crippen LogP contribution is 2.32. The van der Waals surface area contributed by atoms with E-state index in [4.69, 9.17) is 9.47 Å². The molecule has 1 aliphatic rings. The van der Waals surface area contributed by atoms with Gasteiger partial charge in [0.05, 0.1) is 6.54 Å². The highest BCUT2D eigenvalue weighted by atomic mass is 32.1. The molecule has 0 spiro atoms. The molecule has 1 aromatic heterocycles. The van der Waals surface area contributed by atoms with Gasteiger partial charge in [0, 0.05) is 24.7 Å². The van der Waals surface area contributed by atoms with E-state index in [-0.39, 0.29) is 18.4 Å². The van der Waals surface area contributed by atoms with Gasteiger partial charge in [0.15, 0.2) is 11.5 Å². The summed E-state index contributed by atoms with van der Waals surface area (Å²) in [5.74, 6) is 1.05. The molecule has 6 nitrogen and oxygen atoms in total. The van der Waals surface area contributed by atoms with Gasteiger partial charge < -0.3 is 19.7 Å². The predicted octanol–water partition coefficient (Wildman–Crippen LogP) is 2.94. The molecule has 2 aromatic rings. The van der Waals surface area contributed by atoms with Gasteiger partial charge in [-0.05, 0) is 47.9 Å². The van der Waals surface area contributed by atoms with Crippen LogP contribution in [-0.2, 0) is 16.0 Å². The summed E-state index contributed by atoms with van der Waals surface area (Å²) in [4.78, 5) is 26.2. The van der Waals surface area contributed by atoms with Gasteiger partial charge in [-0.25, -0.2) is 0 Å². The number of carbonyl (C=O) groups is 2. The fourth-order valence-electron chi connectivity index (χ4n) is 2.72. The van der Waals surface area contributed by atoms with Crippen molar-refractivity contribution in [3.63, 3.8) is 0 Å². The minimum absolute atomic E-state index is 0.0176. The van der Waals surface area contributed by atoms with Crippen LogP contribution in [0.25, 0.3) is 0 Å². The number of amides is 2. The van der Waals surface area contributed by atoms with E-state index in [1.807, 2.05) is 23.8 Å². The second-order valence-electron chi connectivity index (χ2n) is 5.95. The van der Waals surface area contributed by atoms with Crippen molar-refractivity contribution in [2.45, 2.75) is 19.8 Å². The number of likely N-dealkylation sites (N-methyl/N-ethyl adjacent to an activating group) is 1. The quantitative estimate of drug-likeness (QED) is 0.809. The summed E-state index contributed by atoms with van der Waals surface area (Å²) in [6, 6.07) is 7.29. The third-order valence-corrected chi connectivity index (χ3v) is 4.83. The maximum Gasteiger partial charge on any atom is 0.243 e. The SMILES string of the molecule is CCN(CC(=O)Nc1ccc2c(c1)OCCO2)C(=O)CCc1ccsc1. The first-order valence-corrected chi connectivity index (χ1v) is 9.58. The molecule has 0 aliphatic carbocycles. The summed E-state index contributed by atoms with van der Waals surface area (Å²) in [5.41, 5.74) is 1.78. The van der Waals surface area contributed by atoms with Crippen molar-refractivity contribution in [3.05, 3.63) is 40.6 Å². The average Bonchev–Trinajstić information content (AvgIpc) is 3.17. The van der Waals surface area contributed by atoms with E-state index in [2.05, 4.69) is 5.32 Å². The van der Waals surface area contributed by atoms with Crippen molar-refractivity contribution < 1.29 is 19.1 Å². The molecule has 1 aliphatic heterocycles. The molecule has 0 atom stereocenters. The first-order chi connectivity index (χ1) is 12.7. The Labute approximate surface area is 156 Å². The summed E-state index contributed by atoms with van der Waals surface area (Å²) in [7, 11) is 0. The second-order valence-corrected chi connectivity index (χ2v) is 6.73. The molecule has 1 N–H and O–H groups in total. The Hall–Kier alpha value is -2.54. The molecule has 0 radical (unpaired) electrons. The lowest BCUT2D eigenvalue weighted by Crippen LogP contribution is -2.38. The highest BCUT2D eigenvalue weighted by molar-refractivity contribution is 7.07. The Balaban J connectivity index is 1.52. The predicted molar refractivity (Wildman–Crippen MR) is 101 cm³/mol. The monoisotopic (exact) mass is 374 g/mol. The number of aryl methyl sites for hydroxylation is 1. The summed E-state index contributed by atoms with van der Waals surface area (Å²) in [6.07, 6.45) is 1.10. The van der Waals surface area contributed by atoms with Crippen molar-refractivity contribution in [2.75, 3.05) is 31.6 Å². The molecule has 0 saturated heterocycles. The number of carbonyl (C=O) groups excluding carboxylic acids is 2. The topological polar surface area (TPSA) is 67.9 Å². The van der Waals surface area contributed by atoms with Crippen molar-refractivity contribution in [2.24, 2.45) is 0 Å². The number of anilines is 1. The number of hydrogen-bond acceptors (Lipinski definition) is 5. The number of hydrogen-bond donors (Lipinski definition) is 1. The number of fused-ring (bicyclic) bond motifs is 1. The Morgan fingerprint density at radius 1 is 1.19 bits per heavy atom. The average molecular weight is 374 g/mol. The van der Waals surface area contributed by atoms with Gasteiger partial charge in [0.25, 0.3) is 0 Å². The Kier molecular flexibility index (Phi) is 6.12. The lowest BCUT2D eigenvalue weighted by molar-refractivity contribution is -0.134. The Morgan fingerprint density at radius 3 is 2.73 bits per heavy atom. The van der Waals surface area contributed by atoms with Crippen molar-refractivity contribution in [3.8, 4) is 11.5 Å². The lowest BCUT2D eigenvalue weighted by atomic mass is 10.2. The first-order valence-electron chi connectivity index (χ1n) is 8.64. The number of rotatable bonds is 7. The first kappa shape index (κ1) is 18.3. The Morgan fingerprint density at radius 2 is 2.00 bits per heavy atom. The van der Waals surface area contributed by atoms with Gasteiger partial charge in [-0.1, -0.05) is 0 Å². The van der Waals surface area contributed by atoms with Crippen LogP contribution in [0.3, 0.4) is 0 Å². The molecule has 1 aromatic carbocycles. The highest BCUT2D eigenvalue weighted by Gasteiger charge is 2.17. The summed E-state index contributed by atoms with van der Waals surface area (Å²) in [6.45, 7) is 3.43. The number of nitrogens with zero attached hydrogens (tertiary/aromatic N) is 1. The minimum Gasteiger partial charge on any atom is -0.486 e. The molecule has 0 fully saturated rings. The third kappa shape index (κ3) is 4.76. The summed E-state index contributed by atoms with van der Waals surface area (Å²) < 4.78 is 11.0. The maximum absolute atomic E-state index is 12.4. The Bertz CT molecular complexity index is 761. The number of nitrogens with one attached hydrogen (secondary N) is 1. The van der Waals surface area contributed by atoms with Crippen molar-refractivity contribution in [1.29, 1.82) is 0 Å². The van der Waals surface area contributed by atoms with Crippen molar-refractivity contribution >= 4 is 28.8 Å². The normalized spacial score (nSPS) is 12.5. The molecule has 26 heavy (non-hydrogen) atoms. The summed E-state index contributed by atoms with van der Waals surface area (Å²) in [5, 5.41) is 6.85. The van der Waals surface area contributed by atoms with Crippen molar-refractivity contribution in [1.82, 2.24) is 4.90 Å². The van der Waals surface area contributed by atoms with E-state index in [1.165, 1.54) is 0 Å². The van der Waals surface area contributed by atoms with E-state index in [0.29, 0.717) is 49.8 Å². The van der Waals surface area contributed by atoms with Crippen LogP contribution in [-0.4, -0.2) is 43.0 Å². The van der Waals surface area contributed by atoms with Crippen LogP contribution in [0.1, 0.15) is 18.9 Å². The van der Waals surface area contributed by atoms with Gasteiger partial charge in [-0.3, -0.25) is 9.59 Å². The third-order valence-electron chi connectivity index (χ3n) is 4.10. The molecule has 3 rings (SSSR count).